The topological polar surface area (TPSA) is 58.0 Å². The molecule has 0 atom stereocenters. The van der Waals surface area contributed by atoms with Gasteiger partial charge < -0.3 is 23.5 Å². The summed E-state index contributed by atoms with van der Waals surface area (Å²) in [6.07, 6.45) is 6.45. The number of imidazole rings is 1. The van der Waals surface area contributed by atoms with Gasteiger partial charge in [-0.3, -0.25) is 4.90 Å². The molecule has 37 heavy (non-hydrogen) atoms. The van der Waals surface area contributed by atoms with Crippen molar-refractivity contribution in [3.63, 3.8) is 0 Å². The van der Waals surface area contributed by atoms with Crippen molar-refractivity contribution in [3.8, 4) is 17.2 Å². The third-order valence-electron chi connectivity index (χ3n) is 6.95. The fraction of sp³-hybridized carbons (Fsp3) is 0.464. The molecule has 1 saturated heterocycles. The molecule has 1 aromatic heterocycles. The third-order valence-corrected chi connectivity index (χ3v) is 7.69. The van der Waals surface area contributed by atoms with Gasteiger partial charge in [0.25, 0.3) is 0 Å². The third kappa shape index (κ3) is 7.32. The molecule has 9 heteroatoms. The Bertz CT molecular complexity index is 1160. The molecular formula is C28H35Cl2N3O4. The Kier molecular flexibility index (Phi) is 9.60. The molecule has 2 heterocycles. The minimum absolute atomic E-state index is 0.329. The predicted molar refractivity (Wildman–Crippen MR) is 146 cm³/mol. The van der Waals surface area contributed by atoms with Gasteiger partial charge >= 0.3 is 0 Å². The molecule has 2 aromatic carbocycles. The van der Waals surface area contributed by atoms with Gasteiger partial charge in [0.1, 0.15) is 23.8 Å². The van der Waals surface area contributed by atoms with Crippen molar-refractivity contribution in [2.45, 2.75) is 44.9 Å². The van der Waals surface area contributed by atoms with Crippen molar-refractivity contribution in [1.29, 1.82) is 0 Å². The van der Waals surface area contributed by atoms with Crippen molar-refractivity contribution >= 4 is 23.2 Å². The number of hydrogen-bond donors (Lipinski definition) is 0. The molecule has 0 radical (unpaired) electrons. The smallest absolute Gasteiger partial charge is 0.161 e. The molecule has 0 bridgehead atoms. The van der Waals surface area contributed by atoms with E-state index in [0.29, 0.717) is 29.0 Å². The molecule has 7 nitrogen and oxygen atoms in total. The van der Waals surface area contributed by atoms with E-state index in [1.165, 1.54) is 5.56 Å². The van der Waals surface area contributed by atoms with E-state index < -0.39 is 0 Å². The largest absolute Gasteiger partial charge is 0.493 e. The number of nitrogens with zero attached hydrogens (tertiary/aromatic N) is 3. The second-order valence-corrected chi connectivity index (χ2v) is 10.2. The fourth-order valence-electron chi connectivity index (χ4n) is 4.56. The van der Waals surface area contributed by atoms with Crippen LogP contribution in [0.15, 0.2) is 48.8 Å². The molecule has 1 aliphatic rings. The van der Waals surface area contributed by atoms with Gasteiger partial charge in [-0.15, -0.1) is 0 Å². The van der Waals surface area contributed by atoms with E-state index in [0.717, 1.165) is 62.8 Å². The van der Waals surface area contributed by atoms with Gasteiger partial charge in [-0.2, -0.15) is 0 Å². The second-order valence-electron chi connectivity index (χ2n) is 9.38. The van der Waals surface area contributed by atoms with Gasteiger partial charge in [0.05, 0.1) is 23.8 Å². The van der Waals surface area contributed by atoms with Gasteiger partial charge in [0, 0.05) is 51.7 Å². The molecular weight excluding hydrogens is 513 g/mol. The highest BCUT2D eigenvalue weighted by molar-refractivity contribution is 6.42. The molecule has 0 spiro atoms. The van der Waals surface area contributed by atoms with E-state index in [4.69, 9.17) is 42.1 Å². The number of aromatic nitrogens is 2. The van der Waals surface area contributed by atoms with Crippen LogP contribution in [-0.4, -0.2) is 60.6 Å². The first-order chi connectivity index (χ1) is 17.9. The van der Waals surface area contributed by atoms with Crippen LogP contribution >= 0.6 is 23.2 Å². The zero-order chi connectivity index (χ0) is 26.3. The molecule has 0 saturated carbocycles. The molecule has 200 valence electrons. The lowest BCUT2D eigenvalue weighted by Crippen LogP contribution is -2.48. The molecule has 0 aliphatic carbocycles. The summed E-state index contributed by atoms with van der Waals surface area (Å²) >= 11 is 12.1. The Morgan fingerprint density at radius 2 is 1.78 bits per heavy atom. The maximum atomic E-state index is 6.12. The number of ether oxygens (including phenoxy) is 4. The van der Waals surface area contributed by atoms with Crippen molar-refractivity contribution in [1.82, 2.24) is 14.5 Å². The van der Waals surface area contributed by atoms with Gasteiger partial charge in [-0.25, -0.2) is 4.98 Å². The first-order valence-electron chi connectivity index (χ1n) is 12.5. The predicted octanol–water partition coefficient (Wildman–Crippen LogP) is 6.04. The van der Waals surface area contributed by atoms with Gasteiger partial charge in [-0.1, -0.05) is 29.3 Å². The van der Waals surface area contributed by atoms with E-state index in [2.05, 4.69) is 26.6 Å². The SMILES string of the molecule is COc1ccc(CN2CCC(COc3ccc(Cl)c(Cl)c3)(OC)CC2)cc1OCCCn1ccnc1C. The normalized spacial score (nSPS) is 15.5. The maximum absolute atomic E-state index is 6.12. The molecule has 3 aromatic rings. The quantitative estimate of drug-likeness (QED) is 0.258. The average molecular weight is 549 g/mol. The summed E-state index contributed by atoms with van der Waals surface area (Å²) in [5.41, 5.74) is 0.864. The molecule has 1 fully saturated rings. The second kappa shape index (κ2) is 12.9. The molecule has 4 rings (SSSR count). The summed E-state index contributed by atoms with van der Waals surface area (Å²) in [4.78, 5) is 6.70. The Balaban J connectivity index is 1.28. The maximum Gasteiger partial charge on any atom is 0.161 e. The van der Waals surface area contributed by atoms with E-state index >= 15 is 0 Å². The fourth-order valence-corrected chi connectivity index (χ4v) is 4.84. The van der Waals surface area contributed by atoms with E-state index in [1.807, 2.05) is 31.5 Å². The first kappa shape index (κ1) is 27.6. The minimum atomic E-state index is -0.329. The van der Waals surface area contributed by atoms with Crippen LogP contribution in [0.1, 0.15) is 30.7 Å². The van der Waals surface area contributed by atoms with E-state index in [1.54, 1.807) is 26.4 Å². The summed E-state index contributed by atoms with van der Waals surface area (Å²) in [6, 6.07) is 11.5. The van der Waals surface area contributed by atoms with Crippen molar-refractivity contribution in [2.24, 2.45) is 0 Å². The van der Waals surface area contributed by atoms with Crippen molar-refractivity contribution < 1.29 is 18.9 Å². The van der Waals surface area contributed by atoms with Crippen LogP contribution in [0.3, 0.4) is 0 Å². The lowest BCUT2D eigenvalue weighted by Gasteiger charge is -2.40. The number of methoxy groups -OCH3 is 2. The van der Waals surface area contributed by atoms with Crippen LogP contribution in [0.5, 0.6) is 17.2 Å². The molecule has 0 amide bonds. The molecule has 1 aliphatic heterocycles. The Labute approximate surface area is 229 Å². The number of piperidine rings is 1. The van der Waals surface area contributed by atoms with Crippen LogP contribution < -0.4 is 14.2 Å². The van der Waals surface area contributed by atoms with Crippen LogP contribution in [0.25, 0.3) is 0 Å². The zero-order valence-electron chi connectivity index (χ0n) is 21.7. The summed E-state index contributed by atoms with van der Waals surface area (Å²) in [7, 11) is 3.43. The Morgan fingerprint density at radius 1 is 0.973 bits per heavy atom. The van der Waals surface area contributed by atoms with Crippen LogP contribution in [-0.2, 0) is 17.8 Å². The van der Waals surface area contributed by atoms with Crippen molar-refractivity contribution in [3.05, 3.63) is 70.2 Å². The van der Waals surface area contributed by atoms with Gasteiger partial charge in [0.15, 0.2) is 11.5 Å². The highest BCUT2D eigenvalue weighted by Gasteiger charge is 2.35. The summed E-state index contributed by atoms with van der Waals surface area (Å²) in [5, 5.41) is 0.997. The molecule has 0 N–H and O–H groups in total. The standard InChI is InChI=1S/C28H35Cl2N3O4/c1-21-31-11-15-33(21)12-4-16-36-27-17-22(5-8-26(27)34-2)19-32-13-9-28(35-3,10-14-32)20-37-23-6-7-24(29)25(30)18-23/h5-8,11,15,17-18H,4,9-10,12-14,16,19-20H2,1-3H3. The van der Waals surface area contributed by atoms with Crippen LogP contribution in [0.4, 0.5) is 0 Å². The lowest BCUT2D eigenvalue weighted by molar-refractivity contribution is -0.0839. The first-order valence-corrected chi connectivity index (χ1v) is 13.3. The number of aryl methyl sites for hydroxylation is 2. The number of benzene rings is 2. The van der Waals surface area contributed by atoms with E-state index in [-0.39, 0.29) is 5.60 Å². The van der Waals surface area contributed by atoms with Crippen LogP contribution in [0, 0.1) is 6.92 Å². The summed E-state index contributed by atoms with van der Waals surface area (Å²) < 4.78 is 25.7. The average Bonchev–Trinajstić information content (AvgIpc) is 3.33. The summed E-state index contributed by atoms with van der Waals surface area (Å²) in [6.45, 7) is 6.61. The van der Waals surface area contributed by atoms with E-state index in [9.17, 15) is 0 Å². The molecule has 0 unspecified atom stereocenters. The Morgan fingerprint density at radius 3 is 2.46 bits per heavy atom. The monoisotopic (exact) mass is 547 g/mol. The number of rotatable bonds is 12. The number of hydrogen-bond acceptors (Lipinski definition) is 6. The number of likely N-dealkylation sites (tertiary alicyclic amines) is 1. The lowest BCUT2D eigenvalue weighted by atomic mass is 9.91. The van der Waals surface area contributed by atoms with Crippen molar-refractivity contribution in [2.75, 3.05) is 40.5 Å². The highest BCUT2D eigenvalue weighted by Crippen LogP contribution is 2.32. The minimum Gasteiger partial charge on any atom is -0.493 e. The highest BCUT2D eigenvalue weighted by atomic mass is 35.5. The van der Waals surface area contributed by atoms with Crippen LogP contribution in [0.2, 0.25) is 10.0 Å². The van der Waals surface area contributed by atoms with Gasteiger partial charge in [-0.05, 0) is 56.0 Å². The zero-order valence-corrected chi connectivity index (χ0v) is 23.2. The van der Waals surface area contributed by atoms with Gasteiger partial charge in [0.2, 0.25) is 0 Å². The number of halogens is 2. The Hall–Kier alpha value is -2.45. The summed E-state index contributed by atoms with van der Waals surface area (Å²) in [5.74, 6) is 3.23.